The first-order valence-electron chi connectivity index (χ1n) is 5.79. The van der Waals surface area contributed by atoms with Crippen LogP contribution in [0, 0.1) is 5.92 Å². The summed E-state index contributed by atoms with van der Waals surface area (Å²) in [6, 6.07) is 0. The van der Waals surface area contributed by atoms with E-state index < -0.39 is 11.9 Å². The minimum absolute atomic E-state index is 0. The van der Waals surface area contributed by atoms with Gasteiger partial charge in [-0.05, 0) is 5.92 Å². The molecule has 0 atom stereocenters. The maximum Gasteiger partial charge on any atom is 0.434 e. The number of thiazole rings is 1. The molecule has 0 aliphatic heterocycles. The Kier molecular flexibility index (Phi) is 8.40. The van der Waals surface area contributed by atoms with Gasteiger partial charge < -0.3 is 10.6 Å². The van der Waals surface area contributed by atoms with E-state index in [1.807, 2.05) is 0 Å². The lowest BCUT2D eigenvalue weighted by molar-refractivity contribution is -0.140. The standard InChI is InChI=1S/C11H17F3N4S.HI/c1-7(2)4-16-10(15-3)17-5-9-18-8(6-19-9)11(12,13)14;/h6-7H,4-5H2,1-3H3,(H2,15,16,17);1H. The summed E-state index contributed by atoms with van der Waals surface area (Å²) in [5.74, 6) is 1.01. The summed E-state index contributed by atoms with van der Waals surface area (Å²) in [5, 5.41) is 7.38. The maximum absolute atomic E-state index is 12.4. The average Bonchev–Trinajstić information content (AvgIpc) is 2.77. The van der Waals surface area contributed by atoms with E-state index in [2.05, 4.69) is 34.5 Å². The highest BCUT2D eigenvalue weighted by Crippen LogP contribution is 2.29. The lowest BCUT2D eigenvalue weighted by atomic mass is 10.2. The van der Waals surface area contributed by atoms with Gasteiger partial charge in [-0.3, -0.25) is 4.99 Å². The third-order valence-corrected chi connectivity index (χ3v) is 3.00. The molecule has 0 saturated heterocycles. The number of hydrogen-bond acceptors (Lipinski definition) is 3. The van der Waals surface area contributed by atoms with E-state index in [-0.39, 0.29) is 30.5 Å². The Morgan fingerprint density at radius 2 is 2.05 bits per heavy atom. The van der Waals surface area contributed by atoms with E-state index in [9.17, 15) is 13.2 Å². The predicted octanol–water partition coefficient (Wildman–Crippen LogP) is 3.10. The van der Waals surface area contributed by atoms with Crippen molar-refractivity contribution in [3.63, 3.8) is 0 Å². The van der Waals surface area contributed by atoms with Gasteiger partial charge in [0.15, 0.2) is 11.7 Å². The van der Waals surface area contributed by atoms with Gasteiger partial charge >= 0.3 is 6.18 Å². The summed E-state index contributed by atoms with van der Waals surface area (Å²) in [6.07, 6.45) is -4.38. The van der Waals surface area contributed by atoms with Crippen LogP contribution in [-0.2, 0) is 12.7 Å². The second-order valence-corrected chi connectivity index (χ2v) is 5.27. The number of guanidine groups is 1. The Bertz CT molecular complexity index is 432. The highest BCUT2D eigenvalue weighted by atomic mass is 127. The predicted molar refractivity (Wildman–Crippen MR) is 85.6 cm³/mol. The lowest BCUT2D eigenvalue weighted by Gasteiger charge is -2.12. The van der Waals surface area contributed by atoms with E-state index in [0.717, 1.165) is 23.3 Å². The summed E-state index contributed by atoms with van der Waals surface area (Å²) in [7, 11) is 1.61. The molecule has 2 N–H and O–H groups in total. The van der Waals surface area contributed by atoms with Crippen molar-refractivity contribution in [2.75, 3.05) is 13.6 Å². The summed E-state index contributed by atoms with van der Waals surface area (Å²) in [5.41, 5.74) is -0.848. The van der Waals surface area contributed by atoms with Crippen LogP contribution in [0.3, 0.4) is 0 Å². The van der Waals surface area contributed by atoms with Crippen molar-refractivity contribution in [2.24, 2.45) is 10.9 Å². The molecule has 0 aliphatic carbocycles. The SMILES string of the molecule is CN=C(NCc1nc(C(F)(F)F)cs1)NCC(C)C.I. The number of rotatable bonds is 4. The number of alkyl halides is 3. The fraction of sp³-hybridized carbons (Fsp3) is 0.636. The zero-order chi connectivity index (χ0) is 14.5. The van der Waals surface area contributed by atoms with Crippen LogP contribution in [0.25, 0.3) is 0 Å². The van der Waals surface area contributed by atoms with Crippen molar-refractivity contribution in [2.45, 2.75) is 26.6 Å². The van der Waals surface area contributed by atoms with Crippen LogP contribution >= 0.6 is 35.3 Å². The molecule has 0 saturated carbocycles. The normalized spacial score (nSPS) is 12.2. The minimum Gasteiger partial charge on any atom is -0.356 e. The van der Waals surface area contributed by atoms with Crippen LogP contribution in [-0.4, -0.2) is 24.5 Å². The van der Waals surface area contributed by atoms with Crippen LogP contribution in [0.15, 0.2) is 10.4 Å². The Hall–Kier alpha value is -0.580. The van der Waals surface area contributed by atoms with Crippen molar-refractivity contribution in [1.82, 2.24) is 15.6 Å². The molecule has 0 unspecified atom stereocenters. The van der Waals surface area contributed by atoms with Crippen LogP contribution in [0.1, 0.15) is 24.5 Å². The molecule has 0 aromatic carbocycles. The maximum atomic E-state index is 12.4. The summed E-state index contributed by atoms with van der Waals surface area (Å²) >= 11 is 0.977. The summed E-state index contributed by atoms with van der Waals surface area (Å²) in [4.78, 5) is 7.51. The van der Waals surface area contributed by atoms with Gasteiger partial charge in [0.05, 0.1) is 6.54 Å². The minimum atomic E-state index is -4.38. The number of aromatic nitrogens is 1. The van der Waals surface area contributed by atoms with Crippen molar-refractivity contribution >= 4 is 41.3 Å². The van der Waals surface area contributed by atoms with Gasteiger partial charge in [0.25, 0.3) is 0 Å². The Morgan fingerprint density at radius 1 is 1.40 bits per heavy atom. The van der Waals surface area contributed by atoms with Crippen molar-refractivity contribution in [3.8, 4) is 0 Å². The quantitative estimate of drug-likeness (QED) is 0.446. The zero-order valence-corrected chi connectivity index (χ0v) is 14.6. The van der Waals surface area contributed by atoms with E-state index in [1.54, 1.807) is 7.05 Å². The van der Waals surface area contributed by atoms with Crippen molar-refractivity contribution in [3.05, 3.63) is 16.1 Å². The lowest BCUT2D eigenvalue weighted by Crippen LogP contribution is -2.38. The third-order valence-electron chi connectivity index (χ3n) is 2.15. The molecule has 1 aromatic heterocycles. The largest absolute Gasteiger partial charge is 0.434 e. The fourth-order valence-electron chi connectivity index (χ4n) is 1.20. The van der Waals surface area contributed by atoms with Gasteiger partial charge in [-0.2, -0.15) is 13.2 Å². The Morgan fingerprint density at radius 3 is 2.50 bits per heavy atom. The summed E-state index contributed by atoms with van der Waals surface area (Å²) in [6.45, 7) is 5.07. The van der Waals surface area contributed by atoms with Crippen molar-refractivity contribution < 1.29 is 13.2 Å². The summed E-state index contributed by atoms with van der Waals surface area (Å²) < 4.78 is 37.1. The van der Waals surface area contributed by atoms with Crippen LogP contribution in [0.4, 0.5) is 13.2 Å². The number of nitrogens with zero attached hydrogens (tertiary/aromatic N) is 2. The molecular formula is C11H18F3IN4S. The zero-order valence-electron chi connectivity index (χ0n) is 11.4. The van der Waals surface area contributed by atoms with E-state index in [4.69, 9.17) is 0 Å². The molecule has 0 amide bonds. The van der Waals surface area contributed by atoms with Crippen LogP contribution < -0.4 is 10.6 Å². The first-order chi connectivity index (χ1) is 8.82. The average molecular weight is 422 g/mol. The number of hydrogen-bond donors (Lipinski definition) is 2. The molecule has 1 aromatic rings. The number of halogens is 4. The monoisotopic (exact) mass is 422 g/mol. The molecule has 1 heterocycles. The molecular weight excluding hydrogens is 404 g/mol. The molecule has 0 radical (unpaired) electrons. The smallest absolute Gasteiger partial charge is 0.356 e. The van der Waals surface area contributed by atoms with E-state index >= 15 is 0 Å². The second kappa shape index (κ2) is 8.65. The molecule has 0 spiro atoms. The van der Waals surface area contributed by atoms with Crippen LogP contribution in [0.2, 0.25) is 0 Å². The van der Waals surface area contributed by atoms with Gasteiger partial charge in [0, 0.05) is 19.0 Å². The first-order valence-corrected chi connectivity index (χ1v) is 6.67. The van der Waals surface area contributed by atoms with E-state index in [0.29, 0.717) is 16.9 Å². The number of nitrogens with one attached hydrogen (secondary N) is 2. The van der Waals surface area contributed by atoms with Gasteiger partial charge in [-0.1, -0.05) is 13.8 Å². The number of aliphatic imine (C=N–C) groups is 1. The Balaban J connectivity index is 0.00000361. The van der Waals surface area contributed by atoms with Crippen molar-refractivity contribution in [1.29, 1.82) is 0 Å². The van der Waals surface area contributed by atoms with Gasteiger partial charge in [-0.25, -0.2) is 4.98 Å². The first kappa shape index (κ1) is 19.4. The van der Waals surface area contributed by atoms with Gasteiger partial charge in [-0.15, -0.1) is 35.3 Å². The molecule has 0 fully saturated rings. The molecule has 9 heteroatoms. The fourth-order valence-corrected chi connectivity index (χ4v) is 1.94. The second-order valence-electron chi connectivity index (χ2n) is 4.32. The Labute approximate surface area is 137 Å². The highest BCUT2D eigenvalue weighted by molar-refractivity contribution is 14.0. The molecule has 1 rings (SSSR count). The highest BCUT2D eigenvalue weighted by Gasteiger charge is 2.33. The molecule has 4 nitrogen and oxygen atoms in total. The topological polar surface area (TPSA) is 49.3 Å². The third kappa shape index (κ3) is 6.73. The van der Waals surface area contributed by atoms with Gasteiger partial charge in [0.1, 0.15) is 5.01 Å². The molecule has 116 valence electrons. The molecule has 20 heavy (non-hydrogen) atoms. The van der Waals surface area contributed by atoms with Gasteiger partial charge in [0.2, 0.25) is 0 Å². The van der Waals surface area contributed by atoms with Crippen LogP contribution in [0.5, 0.6) is 0 Å². The molecule has 0 aliphatic rings. The van der Waals surface area contributed by atoms with E-state index in [1.165, 1.54) is 0 Å². The molecule has 0 bridgehead atoms.